The molecule has 0 bridgehead atoms. The van der Waals surface area contributed by atoms with Crippen molar-refractivity contribution in [1.82, 2.24) is 4.90 Å². The first-order valence-electron chi connectivity index (χ1n) is 12.3. The number of aryl methyl sites for hydroxylation is 2. The lowest BCUT2D eigenvalue weighted by molar-refractivity contribution is -0.139. The maximum Gasteiger partial charge on any atom is 0.251 e. The normalized spacial score (nSPS) is 11.4. The number of nitrogens with one attached hydrogen (secondary N) is 1. The van der Waals surface area contributed by atoms with Crippen LogP contribution in [0.15, 0.2) is 103 Å². The van der Waals surface area contributed by atoms with E-state index in [0.717, 1.165) is 27.8 Å². The minimum absolute atomic E-state index is 0.123. The molecule has 5 heteroatoms. The molecule has 1 unspecified atom stereocenters. The molecule has 37 heavy (non-hydrogen) atoms. The monoisotopic (exact) mass is 492 g/mol. The number of ether oxygens (including phenoxy) is 1. The van der Waals surface area contributed by atoms with Crippen molar-refractivity contribution in [2.24, 2.45) is 0 Å². The van der Waals surface area contributed by atoms with E-state index < -0.39 is 6.04 Å². The average molecular weight is 493 g/mol. The molecule has 0 heterocycles. The van der Waals surface area contributed by atoms with Crippen LogP contribution < -0.4 is 10.1 Å². The van der Waals surface area contributed by atoms with Gasteiger partial charge in [-0.15, -0.1) is 0 Å². The topological polar surface area (TPSA) is 58.6 Å². The summed E-state index contributed by atoms with van der Waals surface area (Å²) >= 11 is 0. The highest BCUT2D eigenvalue weighted by Gasteiger charge is 2.31. The molecule has 0 spiro atoms. The Morgan fingerprint density at radius 1 is 0.757 bits per heavy atom. The molecule has 1 atom stereocenters. The van der Waals surface area contributed by atoms with Crippen molar-refractivity contribution >= 4 is 17.5 Å². The third-order valence-electron chi connectivity index (χ3n) is 6.30. The number of amides is 2. The van der Waals surface area contributed by atoms with Gasteiger partial charge in [-0.25, -0.2) is 0 Å². The Kier molecular flexibility index (Phi) is 8.37. The molecule has 0 saturated carbocycles. The van der Waals surface area contributed by atoms with Crippen LogP contribution in [0.1, 0.15) is 33.9 Å². The van der Waals surface area contributed by atoms with Crippen molar-refractivity contribution in [3.8, 4) is 5.75 Å². The highest BCUT2D eigenvalue weighted by molar-refractivity contribution is 5.98. The van der Waals surface area contributed by atoms with Crippen LogP contribution in [0.4, 0.5) is 5.69 Å². The molecule has 0 aromatic heterocycles. The van der Waals surface area contributed by atoms with Crippen LogP contribution in [-0.2, 0) is 22.6 Å². The lowest BCUT2D eigenvalue weighted by atomic mass is 10.00. The fourth-order valence-corrected chi connectivity index (χ4v) is 4.19. The summed E-state index contributed by atoms with van der Waals surface area (Å²) in [4.78, 5) is 29.4. The van der Waals surface area contributed by atoms with Gasteiger partial charge in [-0.3, -0.25) is 9.59 Å². The van der Waals surface area contributed by atoms with Gasteiger partial charge in [0, 0.05) is 12.2 Å². The Hall–Kier alpha value is -4.38. The standard InChI is InChI=1S/C32H32N2O3/c1-23-9-13-26(14-10-23)22-34(30(35)21-25-7-5-4-6-8-25)31(27-15-11-24(2)12-16-27)32(36)33-28-17-19-29(37-3)20-18-28/h4-20,31H,21-22H2,1-3H3,(H,33,36). The summed E-state index contributed by atoms with van der Waals surface area (Å²) < 4.78 is 5.24. The Labute approximate surface area is 218 Å². The number of anilines is 1. The Morgan fingerprint density at radius 3 is 1.95 bits per heavy atom. The van der Waals surface area contributed by atoms with Gasteiger partial charge in [0.05, 0.1) is 13.5 Å². The zero-order chi connectivity index (χ0) is 26.2. The van der Waals surface area contributed by atoms with Crippen molar-refractivity contribution in [2.75, 3.05) is 12.4 Å². The molecular weight excluding hydrogens is 460 g/mol. The maximum atomic E-state index is 13.9. The first-order chi connectivity index (χ1) is 17.9. The number of rotatable bonds is 9. The highest BCUT2D eigenvalue weighted by Crippen LogP contribution is 2.27. The molecule has 0 saturated heterocycles. The molecule has 188 valence electrons. The van der Waals surface area contributed by atoms with E-state index >= 15 is 0 Å². The molecule has 1 N–H and O–H groups in total. The molecule has 4 aromatic rings. The van der Waals surface area contributed by atoms with Gasteiger partial charge in [-0.05, 0) is 54.8 Å². The van der Waals surface area contributed by atoms with E-state index in [2.05, 4.69) is 5.32 Å². The molecular formula is C32H32N2O3. The van der Waals surface area contributed by atoms with Crippen molar-refractivity contribution < 1.29 is 14.3 Å². The number of methoxy groups -OCH3 is 1. The minimum atomic E-state index is -0.819. The van der Waals surface area contributed by atoms with Crippen molar-refractivity contribution in [2.45, 2.75) is 32.9 Å². The lowest BCUT2D eigenvalue weighted by Crippen LogP contribution is -2.41. The van der Waals surface area contributed by atoms with Crippen LogP contribution in [0, 0.1) is 13.8 Å². The summed E-state index contributed by atoms with van der Waals surface area (Å²) in [6.45, 7) is 4.33. The summed E-state index contributed by atoms with van der Waals surface area (Å²) in [7, 11) is 1.60. The molecule has 5 nitrogen and oxygen atoms in total. The minimum Gasteiger partial charge on any atom is -0.497 e. The van der Waals surface area contributed by atoms with E-state index in [9.17, 15) is 9.59 Å². The molecule has 0 radical (unpaired) electrons. The maximum absolute atomic E-state index is 13.9. The van der Waals surface area contributed by atoms with E-state index in [4.69, 9.17) is 4.74 Å². The summed E-state index contributed by atoms with van der Waals surface area (Å²) in [6.07, 6.45) is 0.199. The summed E-state index contributed by atoms with van der Waals surface area (Å²) in [5.74, 6) is 0.303. The zero-order valence-corrected chi connectivity index (χ0v) is 21.5. The molecule has 0 aliphatic carbocycles. The third-order valence-corrected chi connectivity index (χ3v) is 6.30. The molecule has 0 fully saturated rings. The lowest BCUT2D eigenvalue weighted by Gasteiger charge is -2.32. The van der Waals surface area contributed by atoms with Gasteiger partial charge < -0.3 is 15.0 Å². The van der Waals surface area contributed by atoms with Crippen molar-refractivity contribution in [1.29, 1.82) is 0 Å². The van der Waals surface area contributed by atoms with E-state index in [0.29, 0.717) is 18.0 Å². The van der Waals surface area contributed by atoms with Gasteiger partial charge >= 0.3 is 0 Å². The second-order valence-corrected chi connectivity index (χ2v) is 9.20. The number of hydrogen-bond acceptors (Lipinski definition) is 3. The predicted molar refractivity (Wildman–Crippen MR) is 147 cm³/mol. The Bertz CT molecular complexity index is 1320. The van der Waals surface area contributed by atoms with Crippen LogP contribution in [0.5, 0.6) is 5.75 Å². The van der Waals surface area contributed by atoms with Crippen molar-refractivity contribution in [3.63, 3.8) is 0 Å². The zero-order valence-electron chi connectivity index (χ0n) is 21.5. The van der Waals surface area contributed by atoms with Crippen LogP contribution in [0.3, 0.4) is 0 Å². The van der Waals surface area contributed by atoms with Gasteiger partial charge in [0.15, 0.2) is 0 Å². The number of nitrogens with zero attached hydrogens (tertiary/aromatic N) is 1. The number of carbonyl (C=O) groups is 2. The van der Waals surface area contributed by atoms with Crippen LogP contribution in [0.2, 0.25) is 0 Å². The van der Waals surface area contributed by atoms with Gasteiger partial charge in [0.25, 0.3) is 5.91 Å². The van der Waals surface area contributed by atoms with E-state index in [1.807, 2.05) is 92.7 Å². The van der Waals surface area contributed by atoms with Gasteiger partial charge in [-0.1, -0.05) is 90.0 Å². The van der Waals surface area contributed by atoms with E-state index in [-0.39, 0.29) is 18.2 Å². The smallest absolute Gasteiger partial charge is 0.251 e. The number of benzene rings is 4. The summed E-state index contributed by atoms with van der Waals surface area (Å²) in [6, 6.07) is 31.8. The Morgan fingerprint density at radius 2 is 1.35 bits per heavy atom. The van der Waals surface area contributed by atoms with Crippen molar-refractivity contribution in [3.05, 3.63) is 131 Å². The fraction of sp³-hybridized carbons (Fsp3) is 0.188. The first kappa shape index (κ1) is 25.7. The predicted octanol–water partition coefficient (Wildman–Crippen LogP) is 6.26. The SMILES string of the molecule is COc1ccc(NC(=O)C(c2ccc(C)cc2)N(Cc2ccc(C)cc2)C(=O)Cc2ccccc2)cc1. The summed E-state index contributed by atoms with van der Waals surface area (Å²) in [5, 5.41) is 3.01. The fourth-order valence-electron chi connectivity index (χ4n) is 4.19. The molecule has 4 aromatic carbocycles. The molecule has 0 aliphatic heterocycles. The van der Waals surface area contributed by atoms with Gasteiger partial charge in [-0.2, -0.15) is 0 Å². The number of carbonyl (C=O) groups excluding carboxylic acids is 2. The highest BCUT2D eigenvalue weighted by atomic mass is 16.5. The van der Waals surface area contributed by atoms with Crippen LogP contribution in [0.25, 0.3) is 0 Å². The average Bonchev–Trinajstić information content (AvgIpc) is 2.91. The van der Waals surface area contributed by atoms with Crippen LogP contribution >= 0.6 is 0 Å². The molecule has 0 aliphatic rings. The Balaban J connectivity index is 1.72. The quantitative estimate of drug-likeness (QED) is 0.300. The molecule has 2 amide bonds. The summed E-state index contributed by atoms with van der Waals surface area (Å²) in [5.41, 5.74) is 5.47. The van der Waals surface area contributed by atoms with E-state index in [1.54, 1.807) is 36.3 Å². The second kappa shape index (κ2) is 12.0. The largest absolute Gasteiger partial charge is 0.497 e. The third kappa shape index (κ3) is 6.85. The van der Waals surface area contributed by atoms with Gasteiger partial charge in [0.1, 0.15) is 11.8 Å². The first-order valence-corrected chi connectivity index (χ1v) is 12.3. The second-order valence-electron chi connectivity index (χ2n) is 9.20. The number of hydrogen-bond donors (Lipinski definition) is 1. The van der Waals surface area contributed by atoms with E-state index in [1.165, 1.54) is 0 Å². The van der Waals surface area contributed by atoms with Gasteiger partial charge in [0.2, 0.25) is 5.91 Å². The molecule has 4 rings (SSSR count). The van der Waals surface area contributed by atoms with Crippen LogP contribution in [-0.4, -0.2) is 23.8 Å².